The van der Waals surface area contributed by atoms with Gasteiger partial charge in [-0.05, 0) is 36.3 Å². The maximum absolute atomic E-state index is 5.50. The number of rotatable bonds is 2. The molecule has 2 nitrogen and oxygen atoms in total. The predicted molar refractivity (Wildman–Crippen MR) is 80.8 cm³/mol. The van der Waals surface area contributed by atoms with E-state index in [9.17, 15) is 0 Å². The maximum atomic E-state index is 5.50. The second-order valence-electron chi connectivity index (χ2n) is 6.67. The standard InChI is InChI=1S/C14H25NOS.ClH/c1-13(2)11-3-4-14(13,10-17)12(9-11)15-5-7-16-8-6-15;/h11-12,17H,3-10H2,1-2H3;1H/t11-,12-,14-;/m1./s1. The van der Waals surface area contributed by atoms with Crippen molar-refractivity contribution < 1.29 is 4.74 Å². The van der Waals surface area contributed by atoms with Gasteiger partial charge in [0.25, 0.3) is 0 Å². The van der Waals surface area contributed by atoms with E-state index in [0.29, 0.717) is 10.8 Å². The van der Waals surface area contributed by atoms with Crippen LogP contribution in [0.4, 0.5) is 0 Å². The molecule has 0 aromatic rings. The molecule has 0 radical (unpaired) electrons. The summed E-state index contributed by atoms with van der Waals surface area (Å²) in [5.41, 5.74) is 0.940. The highest BCUT2D eigenvalue weighted by atomic mass is 35.5. The van der Waals surface area contributed by atoms with Crippen LogP contribution in [0.1, 0.15) is 33.1 Å². The van der Waals surface area contributed by atoms with Crippen LogP contribution in [-0.2, 0) is 4.74 Å². The van der Waals surface area contributed by atoms with E-state index in [0.717, 1.165) is 44.0 Å². The molecule has 3 rings (SSSR count). The van der Waals surface area contributed by atoms with E-state index in [-0.39, 0.29) is 12.4 Å². The van der Waals surface area contributed by atoms with Crippen LogP contribution in [0.3, 0.4) is 0 Å². The van der Waals surface area contributed by atoms with Gasteiger partial charge < -0.3 is 4.74 Å². The van der Waals surface area contributed by atoms with Crippen LogP contribution >= 0.6 is 25.0 Å². The molecular formula is C14H26ClNOS. The number of morpholine rings is 1. The Morgan fingerprint density at radius 1 is 1.28 bits per heavy atom. The first-order chi connectivity index (χ1) is 8.12. The maximum Gasteiger partial charge on any atom is 0.0594 e. The first kappa shape index (κ1) is 15.0. The molecule has 0 unspecified atom stereocenters. The summed E-state index contributed by atoms with van der Waals surface area (Å²) in [5, 5.41) is 0. The van der Waals surface area contributed by atoms with Crippen LogP contribution in [0, 0.1) is 16.7 Å². The normalized spacial score (nSPS) is 42.8. The molecule has 3 atom stereocenters. The molecule has 3 aliphatic rings. The van der Waals surface area contributed by atoms with Gasteiger partial charge in [0.1, 0.15) is 0 Å². The van der Waals surface area contributed by atoms with Gasteiger partial charge >= 0.3 is 0 Å². The molecule has 4 heteroatoms. The van der Waals surface area contributed by atoms with Crippen molar-refractivity contribution in [1.29, 1.82) is 0 Å². The Kier molecular flexibility index (Phi) is 4.29. The van der Waals surface area contributed by atoms with Gasteiger partial charge in [0.05, 0.1) is 13.2 Å². The molecule has 0 N–H and O–H groups in total. The molecule has 106 valence electrons. The minimum atomic E-state index is 0. The van der Waals surface area contributed by atoms with Gasteiger partial charge in [-0.3, -0.25) is 4.90 Å². The number of thiol groups is 1. The number of nitrogens with zero attached hydrogens (tertiary/aromatic N) is 1. The average molecular weight is 292 g/mol. The third-order valence-electron chi connectivity index (χ3n) is 6.16. The van der Waals surface area contributed by atoms with Crippen LogP contribution in [0.25, 0.3) is 0 Å². The van der Waals surface area contributed by atoms with E-state index in [4.69, 9.17) is 17.4 Å². The van der Waals surface area contributed by atoms with E-state index in [2.05, 4.69) is 18.7 Å². The lowest BCUT2D eigenvalue weighted by atomic mass is 9.68. The summed E-state index contributed by atoms with van der Waals surface area (Å²) >= 11 is 4.74. The summed E-state index contributed by atoms with van der Waals surface area (Å²) in [5.74, 6) is 1.97. The molecule has 2 aliphatic carbocycles. The van der Waals surface area contributed by atoms with Gasteiger partial charge in [-0.15, -0.1) is 12.4 Å². The smallest absolute Gasteiger partial charge is 0.0594 e. The largest absolute Gasteiger partial charge is 0.379 e. The SMILES string of the molecule is CC1(C)[C@@H]2CC[C@@]1(CS)[C@H](N1CCOCC1)C2.Cl. The molecule has 0 aromatic heterocycles. The van der Waals surface area contributed by atoms with Crippen molar-refractivity contribution in [2.24, 2.45) is 16.7 Å². The van der Waals surface area contributed by atoms with Crippen LogP contribution in [0.5, 0.6) is 0 Å². The Labute approximate surface area is 123 Å². The van der Waals surface area contributed by atoms with Crippen LogP contribution in [-0.4, -0.2) is 43.0 Å². The lowest BCUT2D eigenvalue weighted by Gasteiger charge is -2.47. The van der Waals surface area contributed by atoms with Gasteiger partial charge in [-0.1, -0.05) is 13.8 Å². The summed E-state index contributed by atoms with van der Waals surface area (Å²) in [6.45, 7) is 9.07. The summed E-state index contributed by atoms with van der Waals surface area (Å²) in [4.78, 5) is 2.70. The number of fused-ring (bicyclic) bond motifs is 2. The van der Waals surface area contributed by atoms with E-state index < -0.39 is 0 Å². The molecule has 1 saturated heterocycles. The highest BCUT2D eigenvalue weighted by Crippen LogP contribution is 2.67. The molecule has 0 amide bonds. The fourth-order valence-electron chi connectivity index (χ4n) is 4.80. The Morgan fingerprint density at radius 3 is 2.50 bits per heavy atom. The Bertz CT molecular complexity index is 306. The van der Waals surface area contributed by atoms with Crippen molar-refractivity contribution >= 4 is 25.0 Å². The second-order valence-corrected chi connectivity index (χ2v) is 6.99. The quantitative estimate of drug-likeness (QED) is 0.786. The minimum absolute atomic E-state index is 0. The van der Waals surface area contributed by atoms with Crippen molar-refractivity contribution in [1.82, 2.24) is 4.90 Å². The number of hydrogen-bond acceptors (Lipinski definition) is 3. The van der Waals surface area contributed by atoms with Crippen molar-refractivity contribution in [3.05, 3.63) is 0 Å². The lowest BCUT2D eigenvalue weighted by Crippen LogP contribution is -2.53. The Morgan fingerprint density at radius 2 is 1.94 bits per heavy atom. The van der Waals surface area contributed by atoms with E-state index in [1.165, 1.54) is 19.3 Å². The average Bonchev–Trinajstić information content (AvgIpc) is 2.74. The fourth-order valence-corrected chi connectivity index (χ4v) is 5.58. The molecular weight excluding hydrogens is 266 g/mol. The molecule has 2 saturated carbocycles. The number of ether oxygens (including phenoxy) is 1. The topological polar surface area (TPSA) is 12.5 Å². The second kappa shape index (κ2) is 5.16. The number of hydrogen-bond donors (Lipinski definition) is 1. The summed E-state index contributed by atoms with van der Waals surface area (Å²) in [6.07, 6.45) is 4.21. The Hall–Kier alpha value is 0.560. The van der Waals surface area contributed by atoms with Gasteiger partial charge in [-0.25, -0.2) is 0 Å². The zero-order valence-corrected chi connectivity index (χ0v) is 13.2. The van der Waals surface area contributed by atoms with Gasteiger partial charge in [-0.2, -0.15) is 12.6 Å². The van der Waals surface area contributed by atoms with Gasteiger partial charge in [0, 0.05) is 24.5 Å². The third-order valence-corrected chi connectivity index (χ3v) is 6.72. The highest BCUT2D eigenvalue weighted by molar-refractivity contribution is 7.80. The first-order valence-electron chi connectivity index (χ1n) is 7.04. The van der Waals surface area contributed by atoms with Crippen LogP contribution < -0.4 is 0 Å². The van der Waals surface area contributed by atoms with Crippen LogP contribution in [0.2, 0.25) is 0 Å². The zero-order chi connectivity index (χ0) is 12.1. The molecule has 18 heavy (non-hydrogen) atoms. The lowest BCUT2D eigenvalue weighted by molar-refractivity contribution is -0.0249. The fraction of sp³-hybridized carbons (Fsp3) is 1.00. The van der Waals surface area contributed by atoms with Crippen molar-refractivity contribution in [2.75, 3.05) is 32.1 Å². The van der Waals surface area contributed by atoms with Gasteiger partial charge in [0.15, 0.2) is 0 Å². The number of halogens is 1. The molecule has 3 fully saturated rings. The first-order valence-corrected chi connectivity index (χ1v) is 7.68. The van der Waals surface area contributed by atoms with Crippen molar-refractivity contribution in [2.45, 2.75) is 39.2 Å². The summed E-state index contributed by atoms with van der Waals surface area (Å²) in [6, 6.07) is 0.762. The van der Waals surface area contributed by atoms with Crippen molar-refractivity contribution in [3.63, 3.8) is 0 Å². The minimum Gasteiger partial charge on any atom is -0.379 e. The van der Waals surface area contributed by atoms with E-state index in [1.807, 2.05) is 0 Å². The third kappa shape index (κ3) is 1.85. The van der Waals surface area contributed by atoms with Gasteiger partial charge in [0.2, 0.25) is 0 Å². The summed E-state index contributed by atoms with van der Waals surface area (Å²) < 4.78 is 5.50. The highest BCUT2D eigenvalue weighted by Gasteiger charge is 2.64. The van der Waals surface area contributed by atoms with Crippen LogP contribution in [0.15, 0.2) is 0 Å². The Balaban J connectivity index is 0.00000120. The predicted octanol–water partition coefficient (Wildman–Crippen LogP) is 2.87. The van der Waals surface area contributed by atoms with E-state index >= 15 is 0 Å². The molecule has 2 bridgehead atoms. The monoisotopic (exact) mass is 291 g/mol. The zero-order valence-electron chi connectivity index (χ0n) is 11.5. The molecule has 1 aliphatic heterocycles. The molecule has 0 aromatic carbocycles. The van der Waals surface area contributed by atoms with E-state index in [1.54, 1.807) is 0 Å². The molecule has 0 spiro atoms. The van der Waals surface area contributed by atoms with Crippen molar-refractivity contribution in [3.8, 4) is 0 Å². The summed E-state index contributed by atoms with van der Waals surface area (Å²) in [7, 11) is 0. The molecule has 1 heterocycles.